The third-order valence-electron chi connectivity index (χ3n) is 5.51. The third kappa shape index (κ3) is 5.41. The van der Waals surface area contributed by atoms with Gasteiger partial charge in [-0.1, -0.05) is 6.42 Å². The lowest BCUT2D eigenvalue weighted by Gasteiger charge is -2.45. The fourth-order valence-electron chi connectivity index (χ4n) is 2.78. The van der Waals surface area contributed by atoms with E-state index in [2.05, 4.69) is 0 Å². The summed E-state index contributed by atoms with van der Waals surface area (Å²) in [5, 5.41) is 8.35. The Labute approximate surface area is 220 Å². The topological polar surface area (TPSA) is 20.2 Å². The number of hydrogen-bond acceptors (Lipinski definition) is 1. The predicted octanol–water partition coefficient (Wildman–Crippen LogP) is 9.09. The zero-order valence-electron chi connectivity index (χ0n) is 19.4. The Morgan fingerprint density at radius 3 is 0.744 bits per heavy atom. The van der Waals surface area contributed by atoms with Crippen molar-refractivity contribution in [3.8, 4) is 0 Å². The van der Waals surface area contributed by atoms with E-state index in [0.29, 0.717) is 0 Å². The Morgan fingerprint density at radius 1 is 0.279 bits per heavy atom. The number of rotatable bonds is 15. The van der Waals surface area contributed by atoms with E-state index in [9.17, 15) is 110 Å². The minimum atomic E-state index is -9.58. The van der Waals surface area contributed by atoms with Gasteiger partial charge in [-0.05, 0) is 12.8 Å². The van der Waals surface area contributed by atoms with Gasteiger partial charge in [0, 0.05) is 13.0 Å². The quantitative estimate of drug-likeness (QED) is 0.133. The summed E-state index contributed by atoms with van der Waals surface area (Å²) in [5.74, 6) is -97.9. The maximum Gasteiger partial charge on any atom is 0.460 e. The maximum absolute atomic E-state index is 13.7. The summed E-state index contributed by atoms with van der Waals surface area (Å²) in [6.07, 6.45) is -13.8. The molecule has 0 aliphatic carbocycles. The Hall–Kier alpha value is -1.79. The van der Waals surface area contributed by atoms with Crippen LogP contribution in [0.4, 0.5) is 110 Å². The molecule has 1 nitrogen and oxygen atoms in total. The first-order chi connectivity index (χ1) is 18.3. The van der Waals surface area contributed by atoms with Crippen molar-refractivity contribution in [3.05, 3.63) is 0 Å². The molecule has 0 fully saturated rings. The fraction of sp³-hybridized carbons (Fsp3) is 1.00. The van der Waals surface area contributed by atoms with Gasteiger partial charge in [0.1, 0.15) is 0 Å². The lowest BCUT2D eigenvalue weighted by Crippen LogP contribution is -2.78. The van der Waals surface area contributed by atoms with E-state index in [4.69, 9.17) is 5.11 Å². The van der Waals surface area contributed by atoms with Crippen molar-refractivity contribution in [2.45, 2.75) is 97.0 Å². The molecule has 0 aliphatic rings. The smallest absolute Gasteiger partial charge is 0.396 e. The highest BCUT2D eigenvalue weighted by atomic mass is 19.4. The Balaban J connectivity index is 7.13. The molecule has 0 aliphatic heterocycles. The lowest BCUT2D eigenvalue weighted by molar-refractivity contribution is -0.482. The van der Waals surface area contributed by atoms with Crippen LogP contribution in [0.15, 0.2) is 0 Å². The third-order valence-corrected chi connectivity index (χ3v) is 5.51. The van der Waals surface area contributed by atoms with Crippen molar-refractivity contribution in [1.82, 2.24) is 0 Å². The zero-order valence-corrected chi connectivity index (χ0v) is 19.4. The molecular formula is C17H11F25O. The predicted molar refractivity (Wildman–Crippen MR) is 86.0 cm³/mol. The molecule has 0 aromatic rings. The second-order valence-electron chi connectivity index (χ2n) is 8.48. The molecule has 0 aromatic carbocycles. The Kier molecular flexibility index (Phi) is 10.5. The van der Waals surface area contributed by atoms with Crippen molar-refractivity contribution in [2.24, 2.45) is 0 Å². The summed E-state index contributed by atoms with van der Waals surface area (Å²) in [5.41, 5.74) is 0. The van der Waals surface area contributed by atoms with Gasteiger partial charge in [-0.15, -0.1) is 0 Å². The second kappa shape index (κ2) is 10.9. The Bertz CT molecular complexity index is 959. The van der Waals surface area contributed by atoms with Gasteiger partial charge in [0.25, 0.3) is 0 Å². The summed E-state index contributed by atoms with van der Waals surface area (Å²) in [6, 6.07) is 0. The molecule has 0 aromatic heterocycles. The van der Waals surface area contributed by atoms with Crippen molar-refractivity contribution in [3.63, 3.8) is 0 Å². The van der Waals surface area contributed by atoms with Crippen LogP contribution in [0.3, 0.4) is 0 Å². The van der Waals surface area contributed by atoms with Gasteiger partial charge < -0.3 is 5.11 Å². The number of alkyl halides is 25. The van der Waals surface area contributed by atoms with Gasteiger partial charge in [0.2, 0.25) is 0 Å². The minimum Gasteiger partial charge on any atom is -0.396 e. The largest absolute Gasteiger partial charge is 0.460 e. The van der Waals surface area contributed by atoms with E-state index < -0.39 is 104 Å². The van der Waals surface area contributed by atoms with Crippen LogP contribution < -0.4 is 0 Å². The molecule has 1 N–H and O–H groups in total. The van der Waals surface area contributed by atoms with Crippen LogP contribution in [0.2, 0.25) is 0 Å². The highest BCUT2D eigenvalue weighted by Gasteiger charge is 2.99. The standard InChI is InChI=1S/C17H11F25O/c18-6(19,4-2-1-3-5-43)7(20,21)8(22,23)9(24,25)10(26,27)11(28,29)12(30,31)13(32,33)14(34,35)15(36,37)16(38,39)17(40,41)42/h43H,1-5H2. The maximum atomic E-state index is 13.7. The van der Waals surface area contributed by atoms with E-state index in [1.165, 1.54) is 0 Å². The first-order valence-electron chi connectivity index (χ1n) is 10.1. The summed E-state index contributed by atoms with van der Waals surface area (Å²) >= 11 is 0. The molecule has 0 atom stereocenters. The highest BCUT2D eigenvalue weighted by molar-refractivity contribution is 5.19. The molecule has 260 valence electrons. The summed E-state index contributed by atoms with van der Waals surface area (Å²) in [7, 11) is 0. The number of hydrogen-bond donors (Lipinski definition) is 1. The molecule has 0 bridgehead atoms. The Morgan fingerprint density at radius 2 is 0.512 bits per heavy atom. The summed E-state index contributed by atoms with van der Waals surface area (Å²) < 4.78 is 333. The van der Waals surface area contributed by atoms with Crippen molar-refractivity contribution >= 4 is 0 Å². The van der Waals surface area contributed by atoms with E-state index in [1.54, 1.807) is 0 Å². The van der Waals surface area contributed by atoms with Gasteiger partial charge in [-0.3, -0.25) is 0 Å². The number of aliphatic hydroxyl groups is 1. The minimum absolute atomic E-state index is 0.597. The monoisotopic (exact) mass is 706 g/mol. The highest BCUT2D eigenvalue weighted by Crippen LogP contribution is 2.67. The zero-order chi connectivity index (χ0) is 35.5. The van der Waals surface area contributed by atoms with E-state index in [-0.39, 0.29) is 0 Å². The molecule has 0 unspecified atom stereocenters. The van der Waals surface area contributed by atoms with Gasteiger partial charge in [0.15, 0.2) is 0 Å². The average Bonchev–Trinajstić information content (AvgIpc) is 2.79. The number of unbranched alkanes of at least 4 members (excludes halogenated alkanes) is 2. The van der Waals surface area contributed by atoms with Crippen LogP contribution in [0.25, 0.3) is 0 Å². The van der Waals surface area contributed by atoms with E-state index >= 15 is 0 Å². The van der Waals surface area contributed by atoms with Gasteiger partial charge in [-0.25, -0.2) is 0 Å². The number of halogens is 25. The molecule has 0 amide bonds. The van der Waals surface area contributed by atoms with E-state index in [1.807, 2.05) is 0 Å². The molecule has 43 heavy (non-hydrogen) atoms. The lowest BCUT2D eigenvalue weighted by atomic mass is 9.84. The van der Waals surface area contributed by atoms with Crippen LogP contribution in [0.1, 0.15) is 25.7 Å². The molecule has 0 radical (unpaired) electrons. The van der Waals surface area contributed by atoms with Gasteiger partial charge in [-0.2, -0.15) is 110 Å². The SMILES string of the molecule is OCCCCCC(F)(F)C(F)(F)C(F)(F)C(F)(F)C(F)(F)C(F)(F)C(F)(F)C(F)(F)C(F)(F)C(F)(F)C(F)(F)C(F)(F)F. The normalized spacial score (nSPS) is 16.6. The summed E-state index contributed by atoms with van der Waals surface area (Å²) in [4.78, 5) is 0. The van der Waals surface area contributed by atoms with Gasteiger partial charge >= 0.3 is 71.3 Å². The first kappa shape index (κ1) is 41.2. The number of aliphatic hydroxyl groups excluding tert-OH is 1. The van der Waals surface area contributed by atoms with Crippen molar-refractivity contribution in [1.29, 1.82) is 0 Å². The second-order valence-corrected chi connectivity index (χ2v) is 8.48. The average molecular weight is 706 g/mol. The molecule has 0 rings (SSSR count). The van der Waals surface area contributed by atoms with Crippen LogP contribution in [0, 0.1) is 0 Å². The molecule has 0 saturated heterocycles. The molecular weight excluding hydrogens is 695 g/mol. The molecule has 0 saturated carbocycles. The van der Waals surface area contributed by atoms with Gasteiger partial charge in [0.05, 0.1) is 0 Å². The molecule has 0 heterocycles. The fourth-order valence-corrected chi connectivity index (χ4v) is 2.78. The summed E-state index contributed by atoms with van der Waals surface area (Å²) in [6.45, 7) is -0.908. The first-order valence-corrected chi connectivity index (χ1v) is 10.1. The van der Waals surface area contributed by atoms with Crippen LogP contribution >= 0.6 is 0 Å². The molecule has 26 heteroatoms. The van der Waals surface area contributed by atoms with Crippen LogP contribution in [-0.4, -0.2) is 83.0 Å². The van der Waals surface area contributed by atoms with Crippen LogP contribution in [-0.2, 0) is 0 Å². The van der Waals surface area contributed by atoms with Crippen molar-refractivity contribution < 1.29 is 115 Å². The molecule has 0 spiro atoms. The van der Waals surface area contributed by atoms with Crippen molar-refractivity contribution in [2.75, 3.05) is 6.61 Å². The van der Waals surface area contributed by atoms with Crippen LogP contribution in [0.5, 0.6) is 0 Å². The van der Waals surface area contributed by atoms with E-state index in [0.717, 1.165) is 0 Å².